The number of ether oxygens (including phenoxy) is 1. The van der Waals surface area contributed by atoms with E-state index in [-0.39, 0.29) is 12.1 Å². The van der Waals surface area contributed by atoms with Crippen LogP contribution in [-0.4, -0.2) is 62.6 Å². The molecular weight excluding hydrogens is 204 g/mol. The molecule has 0 aromatic carbocycles. The van der Waals surface area contributed by atoms with Crippen LogP contribution in [0, 0.1) is 0 Å². The van der Waals surface area contributed by atoms with Gasteiger partial charge in [0.2, 0.25) is 0 Å². The van der Waals surface area contributed by atoms with Gasteiger partial charge in [-0.05, 0) is 26.9 Å². The predicted molar refractivity (Wildman–Crippen MR) is 65.6 cm³/mol. The zero-order valence-corrected chi connectivity index (χ0v) is 10.6. The Hall–Kier alpha value is -0.160. The Balaban J connectivity index is 1.94. The molecule has 0 heterocycles. The molecule has 1 fully saturated rings. The molecular formula is C12H26N2O2. The molecule has 4 heteroatoms. The summed E-state index contributed by atoms with van der Waals surface area (Å²) in [4.78, 5) is 2.11. The molecule has 2 N–H and O–H groups in total. The molecule has 0 radical (unpaired) electrons. The summed E-state index contributed by atoms with van der Waals surface area (Å²) in [6, 6.07) is 0.284. The van der Waals surface area contributed by atoms with E-state index >= 15 is 0 Å². The average molecular weight is 230 g/mol. The molecule has 0 unspecified atom stereocenters. The van der Waals surface area contributed by atoms with Crippen molar-refractivity contribution < 1.29 is 9.84 Å². The van der Waals surface area contributed by atoms with Crippen LogP contribution >= 0.6 is 0 Å². The zero-order valence-electron chi connectivity index (χ0n) is 10.6. The second kappa shape index (κ2) is 8.01. The minimum atomic E-state index is -0.157. The van der Waals surface area contributed by atoms with E-state index in [1.165, 1.54) is 12.8 Å². The van der Waals surface area contributed by atoms with Crippen molar-refractivity contribution in [3.63, 3.8) is 0 Å². The minimum absolute atomic E-state index is 0.157. The van der Waals surface area contributed by atoms with Crippen LogP contribution in [0.4, 0.5) is 0 Å². The third-order valence-corrected chi connectivity index (χ3v) is 3.07. The summed E-state index contributed by atoms with van der Waals surface area (Å²) in [6.07, 6.45) is 4.28. The maximum atomic E-state index is 9.73. The number of aliphatic hydroxyl groups excluding tert-OH is 1. The lowest BCUT2D eigenvalue weighted by atomic mass is 9.93. The molecule has 1 aliphatic rings. The Labute approximate surface area is 99.0 Å². The Morgan fingerprint density at radius 3 is 2.69 bits per heavy atom. The second-order valence-electron chi connectivity index (χ2n) is 4.83. The van der Waals surface area contributed by atoms with E-state index in [1.54, 1.807) is 0 Å². The number of likely N-dealkylation sites (N-methyl/N-ethyl adjacent to an activating group) is 1. The Kier molecular flexibility index (Phi) is 6.96. The van der Waals surface area contributed by atoms with Gasteiger partial charge in [-0.2, -0.15) is 0 Å². The monoisotopic (exact) mass is 230 g/mol. The van der Waals surface area contributed by atoms with Gasteiger partial charge in [-0.3, -0.25) is 0 Å². The fraction of sp³-hybridized carbons (Fsp3) is 1.00. The highest BCUT2D eigenvalue weighted by molar-refractivity contribution is 4.79. The molecule has 1 saturated carbocycles. The molecule has 1 aliphatic carbocycles. The molecule has 96 valence electrons. The fourth-order valence-corrected chi connectivity index (χ4v) is 2.02. The van der Waals surface area contributed by atoms with Gasteiger partial charge in [0.1, 0.15) is 0 Å². The van der Waals surface area contributed by atoms with Crippen LogP contribution in [0.3, 0.4) is 0 Å². The summed E-state index contributed by atoms with van der Waals surface area (Å²) in [7, 11) is 4.08. The quantitative estimate of drug-likeness (QED) is 0.624. The highest BCUT2D eigenvalue weighted by Crippen LogP contribution is 2.17. The van der Waals surface area contributed by atoms with Gasteiger partial charge in [0.25, 0.3) is 0 Å². The standard InChI is InChI=1S/C12H26N2O2/c1-14(2)8-10-16-9-7-13-11-5-3-4-6-12(11)15/h11-13,15H,3-10H2,1-2H3/t11-,12-/m0/s1. The fourth-order valence-electron chi connectivity index (χ4n) is 2.02. The van der Waals surface area contributed by atoms with Crippen molar-refractivity contribution in [3.05, 3.63) is 0 Å². The van der Waals surface area contributed by atoms with Crippen LogP contribution < -0.4 is 5.32 Å². The average Bonchev–Trinajstić information content (AvgIpc) is 2.25. The van der Waals surface area contributed by atoms with Crippen molar-refractivity contribution in [1.82, 2.24) is 10.2 Å². The molecule has 0 aromatic heterocycles. The van der Waals surface area contributed by atoms with E-state index in [4.69, 9.17) is 4.74 Å². The third-order valence-electron chi connectivity index (χ3n) is 3.07. The largest absolute Gasteiger partial charge is 0.392 e. The highest BCUT2D eigenvalue weighted by Gasteiger charge is 2.21. The van der Waals surface area contributed by atoms with Gasteiger partial charge >= 0.3 is 0 Å². The van der Waals surface area contributed by atoms with Crippen molar-refractivity contribution in [2.45, 2.75) is 37.8 Å². The molecule has 0 aliphatic heterocycles. The van der Waals surface area contributed by atoms with Crippen LogP contribution in [-0.2, 0) is 4.74 Å². The summed E-state index contributed by atoms with van der Waals surface area (Å²) >= 11 is 0. The Morgan fingerprint density at radius 1 is 1.25 bits per heavy atom. The first-order chi connectivity index (χ1) is 7.70. The summed E-state index contributed by atoms with van der Waals surface area (Å²) in [5.74, 6) is 0. The van der Waals surface area contributed by atoms with Gasteiger partial charge < -0.3 is 20.1 Å². The van der Waals surface area contributed by atoms with Crippen LogP contribution in [0.15, 0.2) is 0 Å². The summed E-state index contributed by atoms with van der Waals surface area (Å²) in [5.41, 5.74) is 0. The van der Waals surface area contributed by atoms with Crippen LogP contribution in [0.2, 0.25) is 0 Å². The van der Waals surface area contributed by atoms with Crippen molar-refractivity contribution >= 4 is 0 Å². The Morgan fingerprint density at radius 2 is 2.00 bits per heavy atom. The molecule has 1 rings (SSSR count). The van der Waals surface area contributed by atoms with E-state index in [1.807, 2.05) is 14.1 Å². The van der Waals surface area contributed by atoms with Crippen molar-refractivity contribution in [2.75, 3.05) is 40.4 Å². The van der Waals surface area contributed by atoms with E-state index in [0.717, 1.165) is 39.1 Å². The van der Waals surface area contributed by atoms with Crippen molar-refractivity contribution in [3.8, 4) is 0 Å². The normalized spacial score (nSPS) is 26.2. The summed E-state index contributed by atoms with van der Waals surface area (Å²) in [5, 5.41) is 13.1. The summed E-state index contributed by atoms with van der Waals surface area (Å²) in [6.45, 7) is 3.32. The van der Waals surface area contributed by atoms with Crippen molar-refractivity contribution in [2.24, 2.45) is 0 Å². The lowest BCUT2D eigenvalue weighted by Gasteiger charge is -2.28. The van der Waals surface area contributed by atoms with Crippen LogP contribution in [0.5, 0.6) is 0 Å². The first-order valence-corrected chi connectivity index (χ1v) is 6.34. The molecule has 0 spiro atoms. The van der Waals surface area contributed by atoms with Gasteiger partial charge in [0.05, 0.1) is 19.3 Å². The van der Waals surface area contributed by atoms with Gasteiger partial charge in [0.15, 0.2) is 0 Å². The third kappa shape index (κ3) is 5.80. The van der Waals surface area contributed by atoms with E-state index in [9.17, 15) is 5.11 Å². The molecule has 16 heavy (non-hydrogen) atoms. The number of hydrogen-bond acceptors (Lipinski definition) is 4. The SMILES string of the molecule is CN(C)CCOCCN[C@H]1CCCC[C@@H]1O. The van der Waals surface area contributed by atoms with Crippen LogP contribution in [0.25, 0.3) is 0 Å². The first-order valence-electron chi connectivity index (χ1n) is 6.34. The maximum absolute atomic E-state index is 9.73. The molecule has 2 atom stereocenters. The molecule has 4 nitrogen and oxygen atoms in total. The molecule has 0 amide bonds. The zero-order chi connectivity index (χ0) is 11.8. The maximum Gasteiger partial charge on any atom is 0.0693 e. The lowest BCUT2D eigenvalue weighted by molar-refractivity contribution is 0.0777. The van der Waals surface area contributed by atoms with E-state index in [0.29, 0.717) is 0 Å². The minimum Gasteiger partial charge on any atom is -0.392 e. The lowest BCUT2D eigenvalue weighted by Crippen LogP contribution is -2.43. The predicted octanol–water partition coefficient (Wildman–Crippen LogP) is 0.458. The molecule has 0 bridgehead atoms. The second-order valence-corrected chi connectivity index (χ2v) is 4.83. The van der Waals surface area contributed by atoms with Gasteiger partial charge in [-0.1, -0.05) is 12.8 Å². The van der Waals surface area contributed by atoms with Gasteiger partial charge in [-0.25, -0.2) is 0 Å². The number of rotatable bonds is 7. The number of aliphatic hydroxyl groups is 1. The van der Waals surface area contributed by atoms with Crippen LogP contribution in [0.1, 0.15) is 25.7 Å². The van der Waals surface area contributed by atoms with Gasteiger partial charge in [-0.15, -0.1) is 0 Å². The molecule has 0 saturated heterocycles. The highest BCUT2D eigenvalue weighted by atomic mass is 16.5. The molecule has 0 aromatic rings. The smallest absolute Gasteiger partial charge is 0.0693 e. The summed E-state index contributed by atoms with van der Waals surface area (Å²) < 4.78 is 5.48. The van der Waals surface area contributed by atoms with Gasteiger partial charge in [0, 0.05) is 19.1 Å². The number of nitrogens with one attached hydrogen (secondary N) is 1. The Bertz CT molecular complexity index is 176. The van der Waals surface area contributed by atoms with E-state index in [2.05, 4.69) is 10.2 Å². The first kappa shape index (κ1) is 13.9. The topological polar surface area (TPSA) is 44.7 Å². The van der Waals surface area contributed by atoms with Crippen molar-refractivity contribution in [1.29, 1.82) is 0 Å². The number of hydrogen-bond donors (Lipinski definition) is 2. The number of nitrogens with zero attached hydrogens (tertiary/aromatic N) is 1. The van der Waals surface area contributed by atoms with E-state index < -0.39 is 0 Å².